The first kappa shape index (κ1) is 15.8. The predicted molar refractivity (Wildman–Crippen MR) is 55.0 cm³/mol. The van der Waals surface area contributed by atoms with Gasteiger partial charge in [0.2, 0.25) is 0 Å². The lowest BCUT2D eigenvalue weighted by Crippen LogP contribution is -2.05. The van der Waals surface area contributed by atoms with Crippen LogP contribution in [0, 0.1) is 0 Å². The van der Waals surface area contributed by atoms with Gasteiger partial charge in [0.25, 0.3) is 0 Å². The van der Waals surface area contributed by atoms with Gasteiger partial charge in [-0.2, -0.15) is 0 Å². The van der Waals surface area contributed by atoms with Gasteiger partial charge in [0, 0.05) is 21.1 Å². The molecule has 86 valence electrons. The molecule has 0 aromatic rings. The van der Waals surface area contributed by atoms with E-state index in [1.54, 1.807) is 14.2 Å². The van der Waals surface area contributed by atoms with Crippen LogP contribution in [0.5, 0.6) is 0 Å². The highest BCUT2D eigenvalue weighted by Crippen LogP contribution is 1.86. The summed E-state index contributed by atoms with van der Waals surface area (Å²) in [5, 5.41) is 0. The Morgan fingerprint density at radius 2 is 1.79 bits per heavy atom. The number of rotatable bonds is 5. The van der Waals surface area contributed by atoms with Gasteiger partial charge in [-0.15, -0.1) is 0 Å². The lowest BCUT2D eigenvalue weighted by atomic mass is 10.4. The Labute approximate surface area is 86.5 Å². The van der Waals surface area contributed by atoms with Crippen LogP contribution in [0.1, 0.15) is 33.6 Å². The van der Waals surface area contributed by atoms with E-state index in [1.807, 2.05) is 6.92 Å². The maximum absolute atomic E-state index is 10.1. The second kappa shape index (κ2) is 12.4. The maximum Gasteiger partial charge on any atom is 0.302 e. The Morgan fingerprint density at radius 3 is 2.00 bits per heavy atom. The summed E-state index contributed by atoms with van der Waals surface area (Å²) in [6, 6.07) is 0. The molecule has 0 aliphatic heterocycles. The molecular formula is C10H22O4. The van der Waals surface area contributed by atoms with Gasteiger partial charge in [0.1, 0.15) is 0 Å². The first-order chi connectivity index (χ1) is 6.58. The summed E-state index contributed by atoms with van der Waals surface area (Å²) in [4.78, 5) is 10.1. The van der Waals surface area contributed by atoms with Crippen molar-refractivity contribution >= 4 is 5.97 Å². The van der Waals surface area contributed by atoms with Crippen molar-refractivity contribution < 1.29 is 19.0 Å². The average molecular weight is 206 g/mol. The van der Waals surface area contributed by atoms with Gasteiger partial charge in [0.05, 0.1) is 6.61 Å². The minimum absolute atomic E-state index is 0.0648. The fraction of sp³-hybridized carbons (Fsp3) is 0.900. The highest BCUT2D eigenvalue weighted by molar-refractivity contribution is 5.65. The van der Waals surface area contributed by atoms with Crippen LogP contribution in [-0.2, 0) is 19.0 Å². The third-order valence-electron chi connectivity index (χ3n) is 1.47. The Morgan fingerprint density at radius 1 is 1.29 bits per heavy atom. The summed E-state index contributed by atoms with van der Waals surface area (Å²) in [5.74, 6) is -0.182. The SMILES string of the molecule is CCCCOC(C)=O.COC(C)OC. The van der Waals surface area contributed by atoms with Crippen LogP contribution >= 0.6 is 0 Å². The first-order valence-electron chi connectivity index (χ1n) is 4.77. The van der Waals surface area contributed by atoms with Gasteiger partial charge < -0.3 is 14.2 Å². The Hall–Kier alpha value is -0.610. The number of ether oxygens (including phenoxy) is 3. The van der Waals surface area contributed by atoms with Crippen molar-refractivity contribution in [2.45, 2.75) is 39.9 Å². The van der Waals surface area contributed by atoms with Crippen molar-refractivity contribution in [1.29, 1.82) is 0 Å². The zero-order valence-corrected chi connectivity index (χ0v) is 9.83. The molecular weight excluding hydrogens is 184 g/mol. The molecule has 0 unspecified atom stereocenters. The van der Waals surface area contributed by atoms with E-state index in [9.17, 15) is 4.79 Å². The first-order valence-corrected chi connectivity index (χ1v) is 4.77. The number of esters is 1. The summed E-state index contributed by atoms with van der Waals surface area (Å²) >= 11 is 0. The summed E-state index contributed by atoms with van der Waals surface area (Å²) in [5.41, 5.74) is 0. The predicted octanol–water partition coefficient (Wildman–Crippen LogP) is 1.97. The molecule has 0 fully saturated rings. The second-order valence-electron chi connectivity index (χ2n) is 2.73. The van der Waals surface area contributed by atoms with Gasteiger partial charge in [0.15, 0.2) is 6.29 Å². The van der Waals surface area contributed by atoms with Crippen molar-refractivity contribution in [3.63, 3.8) is 0 Å². The van der Waals surface area contributed by atoms with Crippen LogP contribution in [0.3, 0.4) is 0 Å². The van der Waals surface area contributed by atoms with Gasteiger partial charge >= 0.3 is 5.97 Å². The topological polar surface area (TPSA) is 44.8 Å². The van der Waals surface area contributed by atoms with Crippen molar-refractivity contribution in [2.24, 2.45) is 0 Å². The van der Waals surface area contributed by atoms with Crippen LogP contribution in [0.15, 0.2) is 0 Å². The van der Waals surface area contributed by atoms with E-state index in [0.717, 1.165) is 12.8 Å². The number of methoxy groups -OCH3 is 2. The smallest absolute Gasteiger partial charge is 0.302 e. The minimum atomic E-state index is -0.182. The van der Waals surface area contributed by atoms with Crippen LogP contribution in [0.25, 0.3) is 0 Å². The second-order valence-corrected chi connectivity index (χ2v) is 2.73. The van der Waals surface area contributed by atoms with E-state index in [0.29, 0.717) is 6.61 Å². The van der Waals surface area contributed by atoms with Crippen molar-refractivity contribution in [3.05, 3.63) is 0 Å². The molecule has 0 N–H and O–H groups in total. The fourth-order valence-electron chi connectivity index (χ4n) is 0.456. The maximum atomic E-state index is 10.1. The zero-order valence-electron chi connectivity index (χ0n) is 9.83. The molecule has 0 saturated heterocycles. The number of carbonyl (C=O) groups is 1. The van der Waals surface area contributed by atoms with E-state index >= 15 is 0 Å². The number of unbranched alkanes of at least 4 members (excludes halogenated alkanes) is 1. The number of hydrogen-bond donors (Lipinski definition) is 0. The van der Waals surface area contributed by atoms with Crippen LogP contribution < -0.4 is 0 Å². The summed E-state index contributed by atoms with van der Waals surface area (Å²) in [7, 11) is 3.21. The standard InChI is InChI=1S/C6H12O2.C4H10O2/c1-3-4-5-8-6(2)7;1-4(5-2)6-3/h3-5H2,1-2H3;4H,1-3H3. The minimum Gasteiger partial charge on any atom is -0.466 e. The average Bonchev–Trinajstić information content (AvgIpc) is 2.17. The lowest BCUT2D eigenvalue weighted by Gasteiger charge is -2.03. The molecule has 14 heavy (non-hydrogen) atoms. The highest BCUT2D eigenvalue weighted by atomic mass is 16.7. The number of carbonyl (C=O) groups excluding carboxylic acids is 1. The molecule has 0 aliphatic rings. The van der Waals surface area contributed by atoms with E-state index in [-0.39, 0.29) is 12.3 Å². The molecule has 0 bridgehead atoms. The molecule has 0 spiro atoms. The summed E-state index contributed by atoms with van der Waals surface area (Å²) in [6.07, 6.45) is 1.98. The highest BCUT2D eigenvalue weighted by Gasteiger charge is 1.88. The normalized spacial score (nSPS) is 9.29. The molecule has 4 heteroatoms. The fourth-order valence-corrected chi connectivity index (χ4v) is 0.456. The van der Waals surface area contributed by atoms with E-state index in [4.69, 9.17) is 0 Å². The third kappa shape index (κ3) is 17.5. The number of hydrogen-bond acceptors (Lipinski definition) is 4. The summed E-state index contributed by atoms with van der Waals surface area (Å²) < 4.78 is 14.0. The van der Waals surface area contributed by atoms with E-state index < -0.39 is 0 Å². The van der Waals surface area contributed by atoms with Gasteiger partial charge in [-0.05, 0) is 13.3 Å². The Balaban J connectivity index is 0. The molecule has 0 aromatic carbocycles. The van der Waals surface area contributed by atoms with Gasteiger partial charge in [-0.3, -0.25) is 4.79 Å². The van der Waals surface area contributed by atoms with Crippen molar-refractivity contribution in [3.8, 4) is 0 Å². The quantitative estimate of drug-likeness (QED) is 0.392. The van der Waals surface area contributed by atoms with Gasteiger partial charge in [-0.1, -0.05) is 13.3 Å². The molecule has 0 amide bonds. The molecule has 0 aliphatic carbocycles. The van der Waals surface area contributed by atoms with Crippen LogP contribution in [0.4, 0.5) is 0 Å². The largest absolute Gasteiger partial charge is 0.466 e. The third-order valence-corrected chi connectivity index (χ3v) is 1.47. The molecule has 0 heterocycles. The monoisotopic (exact) mass is 206 g/mol. The van der Waals surface area contributed by atoms with Gasteiger partial charge in [-0.25, -0.2) is 0 Å². The van der Waals surface area contributed by atoms with Crippen molar-refractivity contribution in [2.75, 3.05) is 20.8 Å². The molecule has 0 saturated carbocycles. The van der Waals surface area contributed by atoms with E-state index in [1.165, 1.54) is 6.92 Å². The zero-order chi connectivity index (χ0) is 11.4. The van der Waals surface area contributed by atoms with Crippen molar-refractivity contribution in [1.82, 2.24) is 0 Å². The Bertz CT molecular complexity index is 121. The molecule has 4 nitrogen and oxygen atoms in total. The van der Waals surface area contributed by atoms with Crippen LogP contribution in [0.2, 0.25) is 0 Å². The summed E-state index contributed by atoms with van der Waals surface area (Å²) in [6.45, 7) is 5.89. The molecule has 0 radical (unpaired) electrons. The van der Waals surface area contributed by atoms with Crippen LogP contribution in [-0.4, -0.2) is 33.1 Å². The Kier molecular flexibility index (Phi) is 14.0. The molecule has 0 rings (SSSR count). The van der Waals surface area contributed by atoms with E-state index in [2.05, 4.69) is 21.1 Å². The molecule has 0 atom stereocenters. The molecule has 0 aromatic heterocycles. The lowest BCUT2D eigenvalue weighted by molar-refractivity contribution is -0.141.